The molecule has 9 nitrogen and oxygen atoms in total. The van der Waals surface area contributed by atoms with Gasteiger partial charge < -0.3 is 19.3 Å². The van der Waals surface area contributed by atoms with E-state index in [0.29, 0.717) is 49.8 Å². The maximum Gasteiger partial charge on any atom is 0.413 e. The average Bonchev–Trinajstić information content (AvgIpc) is 3.74. The number of amides is 2. The number of hydrogen-bond donors (Lipinski definition) is 2. The third-order valence-corrected chi connectivity index (χ3v) is 7.94. The van der Waals surface area contributed by atoms with E-state index >= 15 is 0 Å². The summed E-state index contributed by atoms with van der Waals surface area (Å²) in [6.07, 6.45) is 0.759. The highest BCUT2D eigenvalue weighted by atomic mass is 16.5. The van der Waals surface area contributed by atoms with Crippen LogP contribution in [0.3, 0.4) is 0 Å². The molecule has 1 aliphatic heterocycles. The molecule has 3 aromatic carbocycles. The molecule has 2 aliphatic rings. The van der Waals surface area contributed by atoms with E-state index in [0.717, 1.165) is 27.8 Å². The first-order valence-electron chi connectivity index (χ1n) is 13.6. The first-order valence-corrected chi connectivity index (χ1v) is 13.6. The van der Waals surface area contributed by atoms with E-state index in [-0.39, 0.29) is 12.5 Å². The summed E-state index contributed by atoms with van der Waals surface area (Å²) in [5.74, 6) is 0.426. The van der Waals surface area contributed by atoms with Gasteiger partial charge in [-0.25, -0.2) is 9.78 Å². The molecule has 0 atom stereocenters. The molecule has 208 valence electrons. The summed E-state index contributed by atoms with van der Waals surface area (Å²) < 4.78 is 7.41. The van der Waals surface area contributed by atoms with Crippen molar-refractivity contribution < 1.29 is 24.2 Å². The zero-order valence-corrected chi connectivity index (χ0v) is 22.7. The number of aromatic nitrogens is 2. The normalized spacial score (nSPS) is 15.1. The number of carbonyl (C=O) groups is 3. The number of imidazole rings is 1. The van der Waals surface area contributed by atoms with Crippen molar-refractivity contribution in [3.05, 3.63) is 95.8 Å². The van der Waals surface area contributed by atoms with Crippen molar-refractivity contribution in [3.63, 3.8) is 0 Å². The Morgan fingerprint density at radius 2 is 1.54 bits per heavy atom. The molecule has 41 heavy (non-hydrogen) atoms. The maximum absolute atomic E-state index is 12.8. The Kier molecular flexibility index (Phi) is 6.78. The van der Waals surface area contributed by atoms with E-state index in [2.05, 4.69) is 5.32 Å². The molecule has 1 fully saturated rings. The Balaban J connectivity index is 1.25. The Bertz CT molecular complexity index is 1610. The molecule has 2 N–H and O–H groups in total. The van der Waals surface area contributed by atoms with Crippen LogP contribution in [0, 0.1) is 0 Å². The van der Waals surface area contributed by atoms with Crippen molar-refractivity contribution in [1.82, 2.24) is 14.5 Å². The molecule has 9 heteroatoms. The predicted octanol–water partition coefficient (Wildman–Crippen LogP) is 5.44. The molecule has 1 aliphatic carbocycles. The van der Waals surface area contributed by atoms with Gasteiger partial charge in [0.2, 0.25) is 5.91 Å². The van der Waals surface area contributed by atoms with Crippen LogP contribution in [-0.4, -0.2) is 44.1 Å². The van der Waals surface area contributed by atoms with Crippen molar-refractivity contribution in [2.24, 2.45) is 0 Å². The van der Waals surface area contributed by atoms with Gasteiger partial charge in [0.15, 0.2) is 0 Å². The summed E-state index contributed by atoms with van der Waals surface area (Å²) in [6, 6.07) is 25.0. The molecule has 0 saturated heterocycles. The molecule has 1 saturated carbocycles. The SMILES string of the molecule is CC(=O)N1CCn2c(nc(-c3ccc(-c4ccc(C5(C(=O)O)CC5)cc4)cc3)c2NC(=O)OCc2ccccc2)C1. The van der Waals surface area contributed by atoms with E-state index in [9.17, 15) is 19.5 Å². The van der Waals surface area contributed by atoms with Gasteiger partial charge in [-0.3, -0.25) is 14.9 Å². The minimum Gasteiger partial charge on any atom is -0.481 e. The molecule has 0 radical (unpaired) electrons. The highest BCUT2D eigenvalue weighted by molar-refractivity contribution is 5.90. The lowest BCUT2D eigenvalue weighted by Crippen LogP contribution is -2.37. The minimum absolute atomic E-state index is 0.0242. The van der Waals surface area contributed by atoms with E-state index in [4.69, 9.17) is 9.72 Å². The van der Waals surface area contributed by atoms with E-state index in [1.54, 1.807) is 4.90 Å². The summed E-state index contributed by atoms with van der Waals surface area (Å²) in [7, 11) is 0. The second-order valence-corrected chi connectivity index (χ2v) is 10.5. The number of ether oxygens (including phenoxy) is 1. The van der Waals surface area contributed by atoms with Crippen molar-refractivity contribution in [2.45, 2.75) is 44.9 Å². The van der Waals surface area contributed by atoms with E-state index in [1.165, 1.54) is 6.92 Å². The number of hydrogen-bond acceptors (Lipinski definition) is 5. The smallest absolute Gasteiger partial charge is 0.413 e. The van der Waals surface area contributed by atoms with Crippen LogP contribution in [0.2, 0.25) is 0 Å². The highest BCUT2D eigenvalue weighted by Crippen LogP contribution is 2.48. The Labute approximate surface area is 237 Å². The van der Waals surface area contributed by atoms with Crippen LogP contribution in [0.1, 0.15) is 36.7 Å². The van der Waals surface area contributed by atoms with Gasteiger partial charge in [-0.1, -0.05) is 78.9 Å². The zero-order chi connectivity index (χ0) is 28.6. The minimum atomic E-state index is -0.767. The standard InChI is InChI=1S/C32H30N4O5/c1-21(37)35-17-18-36-27(19-35)33-28(29(36)34-31(40)41-20-22-5-3-2-4-6-22)25-9-7-23(8-10-25)24-11-13-26(14-12-24)32(15-16-32)30(38)39/h2-14H,15-20H2,1H3,(H,34,40)(H,38,39). The van der Waals surface area contributed by atoms with Gasteiger partial charge in [0.05, 0.1) is 12.0 Å². The van der Waals surface area contributed by atoms with Crippen LogP contribution in [0.5, 0.6) is 0 Å². The monoisotopic (exact) mass is 550 g/mol. The molecule has 1 aromatic heterocycles. The third kappa shape index (κ3) is 5.18. The molecule has 4 aromatic rings. The van der Waals surface area contributed by atoms with Gasteiger partial charge in [-0.15, -0.1) is 0 Å². The average molecular weight is 551 g/mol. The van der Waals surface area contributed by atoms with Crippen molar-refractivity contribution >= 4 is 23.8 Å². The first kappa shape index (κ1) is 26.3. The van der Waals surface area contributed by atoms with Gasteiger partial charge in [0, 0.05) is 25.6 Å². The number of nitrogens with one attached hydrogen (secondary N) is 1. The molecule has 0 bridgehead atoms. The van der Waals surface area contributed by atoms with Gasteiger partial charge in [-0.2, -0.15) is 0 Å². The Morgan fingerprint density at radius 3 is 2.15 bits per heavy atom. The lowest BCUT2D eigenvalue weighted by Gasteiger charge is -2.27. The summed E-state index contributed by atoms with van der Waals surface area (Å²) in [6.45, 7) is 3.05. The lowest BCUT2D eigenvalue weighted by atomic mass is 9.93. The van der Waals surface area contributed by atoms with Crippen LogP contribution >= 0.6 is 0 Å². The predicted molar refractivity (Wildman–Crippen MR) is 153 cm³/mol. The number of fused-ring (bicyclic) bond motifs is 1. The second-order valence-electron chi connectivity index (χ2n) is 10.5. The quantitative estimate of drug-likeness (QED) is 0.317. The number of anilines is 1. The molecular formula is C32H30N4O5. The van der Waals surface area contributed by atoms with Gasteiger partial charge >= 0.3 is 12.1 Å². The molecule has 2 amide bonds. The van der Waals surface area contributed by atoms with Gasteiger partial charge in [0.1, 0.15) is 23.9 Å². The van der Waals surface area contributed by atoms with Crippen molar-refractivity contribution in [1.29, 1.82) is 0 Å². The molecule has 2 heterocycles. The van der Waals surface area contributed by atoms with Crippen molar-refractivity contribution in [2.75, 3.05) is 11.9 Å². The topological polar surface area (TPSA) is 114 Å². The zero-order valence-electron chi connectivity index (χ0n) is 22.7. The molecule has 6 rings (SSSR count). The van der Waals surface area contributed by atoms with Crippen LogP contribution in [0.25, 0.3) is 22.4 Å². The fourth-order valence-corrected chi connectivity index (χ4v) is 5.34. The number of carbonyl (C=O) groups excluding carboxylic acids is 2. The number of nitrogens with zero attached hydrogens (tertiary/aromatic N) is 3. The summed E-state index contributed by atoms with van der Waals surface area (Å²) in [4.78, 5) is 43.1. The number of rotatable bonds is 7. The van der Waals surface area contributed by atoms with Crippen LogP contribution in [0.15, 0.2) is 78.9 Å². The Hall–Kier alpha value is -4.92. The van der Waals surface area contributed by atoms with E-state index < -0.39 is 17.5 Å². The van der Waals surface area contributed by atoms with Crippen molar-refractivity contribution in [3.8, 4) is 22.4 Å². The van der Waals surface area contributed by atoms with Gasteiger partial charge in [-0.05, 0) is 35.1 Å². The Morgan fingerprint density at radius 1 is 0.902 bits per heavy atom. The number of carboxylic acid groups (broad SMARTS) is 1. The number of aliphatic carboxylic acids is 1. The maximum atomic E-state index is 12.8. The largest absolute Gasteiger partial charge is 0.481 e. The fraction of sp³-hybridized carbons (Fsp3) is 0.250. The van der Waals surface area contributed by atoms with E-state index in [1.807, 2.05) is 83.4 Å². The fourth-order valence-electron chi connectivity index (χ4n) is 5.34. The molecule has 0 unspecified atom stereocenters. The van der Waals surface area contributed by atoms with Gasteiger partial charge in [0.25, 0.3) is 0 Å². The first-order chi connectivity index (χ1) is 19.8. The number of benzene rings is 3. The molecular weight excluding hydrogens is 520 g/mol. The van der Waals surface area contributed by atoms with Crippen LogP contribution in [0.4, 0.5) is 10.6 Å². The highest BCUT2D eigenvalue weighted by Gasteiger charge is 2.51. The lowest BCUT2D eigenvalue weighted by molar-refractivity contribution is -0.140. The molecule has 0 spiro atoms. The third-order valence-electron chi connectivity index (χ3n) is 7.94. The van der Waals surface area contributed by atoms with Crippen LogP contribution in [-0.2, 0) is 39.4 Å². The van der Waals surface area contributed by atoms with Crippen LogP contribution < -0.4 is 5.32 Å². The number of carboxylic acids is 1. The summed E-state index contributed by atoms with van der Waals surface area (Å²) in [5.41, 5.74) is 4.35. The summed E-state index contributed by atoms with van der Waals surface area (Å²) in [5, 5.41) is 12.5. The second kappa shape index (κ2) is 10.6. The summed E-state index contributed by atoms with van der Waals surface area (Å²) >= 11 is 0.